The van der Waals surface area contributed by atoms with E-state index in [1.807, 2.05) is 18.2 Å². The zero-order valence-corrected chi connectivity index (χ0v) is 30.2. The van der Waals surface area contributed by atoms with Crippen molar-refractivity contribution in [2.75, 3.05) is 13.2 Å². The molecule has 0 saturated carbocycles. The first-order chi connectivity index (χ1) is 22.9. The summed E-state index contributed by atoms with van der Waals surface area (Å²) in [6.45, 7) is 0.792. The van der Waals surface area contributed by atoms with Gasteiger partial charge in [-0.15, -0.1) is 0 Å². The molecule has 6 rings (SSSR count). The third-order valence-corrected chi connectivity index (χ3v) is 10.8. The fourth-order valence-corrected chi connectivity index (χ4v) is 7.53. The maximum atomic E-state index is 12.3. The lowest BCUT2D eigenvalue weighted by Crippen LogP contribution is -2.27. The van der Waals surface area contributed by atoms with Gasteiger partial charge in [-0.2, -0.15) is 0 Å². The molecule has 0 N–H and O–H groups in total. The van der Waals surface area contributed by atoms with Crippen molar-refractivity contribution in [1.82, 2.24) is 0 Å². The summed E-state index contributed by atoms with van der Waals surface area (Å²) >= 11 is 23.8. The maximum Gasteiger partial charge on any atom is 0.261 e. The molecule has 0 aliphatic heterocycles. The van der Waals surface area contributed by atoms with Crippen molar-refractivity contribution >= 4 is 77.7 Å². The van der Waals surface area contributed by atoms with E-state index >= 15 is 0 Å². The smallest absolute Gasteiger partial charge is 0.261 e. The molecule has 4 aromatic carbocycles. The third-order valence-electron chi connectivity index (χ3n) is 8.39. The molecule has 0 aromatic heterocycles. The Kier molecular flexibility index (Phi) is 12.4. The summed E-state index contributed by atoms with van der Waals surface area (Å²) in [5, 5.41) is 2.01. The Bertz CT molecular complexity index is 1930. The van der Waals surface area contributed by atoms with Crippen LogP contribution in [0.1, 0.15) is 35.1 Å². The van der Waals surface area contributed by atoms with E-state index in [4.69, 9.17) is 66.6 Å². The van der Waals surface area contributed by atoms with Crippen LogP contribution in [0, 0.1) is 11.8 Å². The van der Waals surface area contributed by atoms with E-state index in [0.29, 0.717) is 76.3 Å². The minimum Gasteiger partial charge on any atom is -0.492 e. The number of hydrogen-bond acceptors (Lipinski definition) is 6. The van der Waals surface area contributed by atoms with Crippen molar-refractivity contribution < 1.29 is 27.5 Å². The molecule has 0 fully saturated rings. The van der Waals surface area contributed by atoms with Crippen LogP contribution in [0.4, 0.5) is 0 Å². The second kappa shape index (κ2) is 16.3. The van der Waals surface area contributed by atoms with Crippen LogP contribution >= 0.6 is 57.1 Å². The zero-order valence-electron chi connectivity index (χ0n) is 25.6. The first-order valence-electron chi connectivity index (χ1n) is 15.2. The van der Waals surface area contributed by atoms with E-state index in [0.717, 1.165) is 23.1 Å². The molecule has 0 amide bonds. The molecule has 0 spiro atoms. The van der Waals surface area contributed by atoms with Crippen LogP contribution in [0.15, 0.2) is 83.8 Å². The third kappa shape index (κ3) is 9.68. The lowest BCUT2D eigenvalue weighted by Gasteiger charge is -2.24. The monoisotopic (exact) mass is 766 g/mol. The van der Waals surface area contributed by atoms with Crippen LogP contribution < -0.4 is 9.47 Å². The molecule has 12 heteroatoms. The summed E-state index contributed by atoms with van der Waals surface area (Å²) in [7, 11) is 1.62. The van der Waals surface area contributed by atoms with Crippen LogP contribution in [0.2, 0.25) is 20.1 Å². The SMILES string of the molecule is O=C1Cc2ccc(S(=O)(=O)Cl)cc2CC1CCOc1ccc(Cl)cc1Cl.O=C1Cc2ccccc2CC1CCOc1ccc(Cl)cc1Cl. The van der Waals surface area contributed by atoms with Crippen molar-refractivity contribution in [3.63, 3.8) is 0 Å². The van der Waals surface area contributed by atoms with Crippen LogP contribution in [0.25, 0.3) is 0 Å². The Morgan fingerprint density at radius 3 is 1.58 bits per heavy atom. The van der Waals surface area contributed by atoms with Gasteiger partial charge in [-0.1, -0.05) is 76.7 Å². The lowest BCUT2D eigenvalue weighted by atomic mass is 9.81. The fraction of sp³-hybridized carbons (Fsp3) is 0.278. The molecular formula is C36H31Cl5O6S. The van der Waals surface area contributed by atoms with Crippen molar-refractivity contribution in [2.45, 2.75) is 43.4 Å². The highest BCUT2D eigenvalue weighted by Crippen LogP contribution is 2.32. The van der Waals surface area contributed by atoms with Crippen molar-refractivity contribution in [1.29, 1.82) is 0 Å². The first kappa shape index (κ1) is 36.5. The number of carbonyl (C=O) groups is 2. The molecule has 2 aliphatic carbocycles. The van der Waals surface area contributed by atoms with Gasteiger partial charge in [-0.3, -0.25) is 9.59 Å². The van der Waals surface area contributed by atoms with Gasteiger partial charge in [-0.05, 0) is 96.5 Å². The van der Waals surface area contributed by atoms with E-state index in [2.05, 4.69) is 6.07 Å². The number of benzene rings is 4. The van der Waals surface area contributed by atoms with Gasteiger partial charge in [0.15, 0.2) is 0 Å². The summed E-state index contributed by atoms with van der Waals surface area (Å²) in [4.78, 5) is 24.6. The van der Waals surface area contributed by atoms with E-state index in [1.54, 1.807) is 48.5 Å². The van der Waals surface area contributed by atoms with Crippen LogP contribution in [0.3, 0.4) is 0 Å². The molecule has 252 valence electrons. The van der Waals surface area contributed by atoms with Crippen molar-refractivity contribution in [2.24, 2.45) is 11.8 Å². The van der Waals surface area contributed by atoms with E-state index in [9.17, 15) is 18.0 Å². The van der Waals surface area contributed by atoms with Crippen LogP contribution in [-0.4, -0.2) is 33.2 Å². The maximum absolute atomic E-state index is 12.3. The standard InChI is InChI=1S/C18H15Cl3O4S.C18H16Cl2O2/c19-14-2-4-18(16(20)10-14)25-6-5-12-7-13-8-15(26(21,23)24)3-1-11(13)9-17(12)22;19-15-5-6-18(16(20)11-15)22-8-7-14-9-12-3-1-2-4-13(12)10-17(14)21/h1-4,8,10,12H,5-7,9H2;1-6,11,14H,7-10H2. The summed E-state index contributed by atoms with van der Waals surface area (Å²) in [5.41, 5.74) is 4.11. The van der Waals surface area contributed by atoms with E-state index in [-0.39, 0.29) is 28.9 Å². The molecule has 0 radical (unpaired) electrons. The largest absolute Gasteiger partial charge is 0.492 e. The molecule has 0 bridgehead atoms. The molecular weight excluding hydrogens is 738 g/mol. The Morgan fingerprint density at radius 1 is 0.604 bits per heavy atom. The number of rotatable bonds is 9. The minimum absolute atomic E-state index is 0.0287. The number of ketones is 2. The van der Waals surface area contributed by atoms with Gasteiger partial charge < -0.3 is 9.47 Å². The Labute approximate surface area is 304 Å². The quantitative estimate of drug-likeness (QED) is 0.158. The molecule has 2 atom stereocenters. The normalized spacial score (nSPS) is 17.1. The van der Waals surface area contributed by atoms with E-state index < -0.39 is 9.05 Å². The minimum atomic E-state index is -3.79. The van der Waals surface area contributed by atoms with E-state index in [1.165, 1.54) is 11.6 Å². The zero-order chi connectivity index (χ0) is 34.4. The summed E-state index contributed by atoms with van der Waals surface area (Å²) in [5.74, 6) is 1.32. The van der Waals surface area contributed by atoms with Crippen molar-refractivity contribution in [3.8, 4) is 11.5 Å². The Balaban J connectivity index is 0.000000190. The van der Waals surface area contributed by atoms with Gasteiger partial charge in [0, 0.05) is 45.4 Å². The summed E-state index contributed by atoms with van der Waals surface area (Å²) in [6.07, 6.45) is 3.28. The highest BCUT2D eigenvalue weighted by Gasteiger charge is 2.28. The molecule has 2 aliphatic rings. The average Bonchev–Trinajstić information content (AvgIpc) is 3.03. The van der Waals surface area contributed by atoms with Gasteiger partial charge in [0.1, 0.15) is 23.1 Å². The second-order valence-electron chi connectivity index (χ2n) is 11.6. The highest BCUT2D eigenvalue weighted by molar-refractivity contribution is 8.13. The lowest BCUT2D eigenvalue weighted by molar-refractivity contribution is -0.123. The van der Waals surface area contributed by atoms with Crippen LogP contribution in [-0.2, 0) is 44.3 Å². The van der Waals surface area contributed by atoms with Gasteiger partial charge in [0.05, 0.1) is 28.2 Å². The van der Waals surface area contributed by atoms with Gasteiger partial charge in [0.25, 0.3) is 9.05 Å². The number of halogens is 5. The molecule has 2 unspecified atom stereocenters. The number of hydrogen-bond donors (Lipinski definition) is 0. The van der Waals surface area contributed by atoms with Gasteiger partial charge in [-0.25, -0.2) is 8.42 Å². The van der Waals surface area contributed by atoms with Gasteiger partial charge in [0.2, 0.25) is 0 Å². The van der Waals surface area contributed by atoms with Crippen molar-refractivity contribution in [3.05, 3.63) is 121 Å². The molecule has 48 heavy (non-hydrogen) atoms. The van der Waals surface area contributed by atoms with Gasteiger partial charge >= 0.3 is 0 Å². The number of fused-ring (bicyclic) bond motifs is 2. The molecule has 0 saturated heterocycles. The first-order valence-corrected chi connectivity index (χ1v) is 19.0. The number of Topliss-reactive ketones (excluding diaryl/α,β-unsaturated/α-hetero) is 2. The Morgan fingerprint density at radius 2 is 1.08 bits per heavy atom. The highest BCUT2D eigenvalue weighted by atomic mass is 35.7. The molecule has 0 heterocycles. The predicted molar refractivity (Wildman–Crippen MR) is 191 cm³/mol. The Hall–Kier alpha value is -2.78. The predicted octanol–water partition coefficient (Wildman–Crippen LogP) is 9.42. The topological polar surface area (TPSA) is 86.7 Å². The van der Waals surface area contributed by atoms with Crippen LogP contribution in [0.5, 0.6) is 11.5 Å². The summed E-state index contributed by atoms with van der Waals surface area (Å²) < 4.78 is 34.3. The number of carbonyl (C=O) groups excluding carboxylic acids is 2. The number of ether oxygens (including phenoxy) is 2. The molecule has 6 nitrogen and oxygen atoms in total. The summed E-state index contributed by atoms with van der Waals surface area (Å²) in [6, 6.07) is 22.9. The average molecular weight is 769 g/mol. The fourth-order valence-electron chi connectivity index (χ4n) is 5.80. The second-order valence-corrected chi connectivity index (χ2v) is 15.9. The molecule has 4 aromatic rings.